The smallest absolute Gasteiger partial charge is 0.224 e. The van der Waals surface area contributed by atoms with E-state index in [1.807, 2.05) is 18.3 Å². The van der Waals surface area contributed by atoms with Gasteiger partial charge in [0.1, 0.15) is 11.6 Å². The van der Waals surface area contributed by atoms with E-state index in [0.717, 1.165) is 49.5 Å². The van der Waals surface area contributed by atoms with Crippen molar-refractivity contribution < 1.29 is 0 Å². The average molecular weight is 388 g/mol. The largest absolute Gasteiger partial charge is 0.368 e. The Hall–Kier alpha value is -3.42. The monoisotopic (exact) mass is 388 g/mol. The molecule has 8 nitrogen and oxygen atoms in total. The van der Waals surface area contributed by atoms with Crippen molar-refractivity contribution in [3.63, 3.8) is 0 Å². The van der Waals surface area contributed by atoms with Gasteiger partial charge in [0.05, 0.1) is 11.0 Å². The number of aromatic nitrogens is 6. The summed E-state index contributed by atoms with van der Waals surface area (Å²) in [6, 6.07) is 12.7. The number of para-hydroxylation sites is 2. The van der Waals surface area contributed by atoms with Crippen molar-refractivity contribution in [2.24, 2.45) is 0 Å². The summed E-state index contributed by atoms with van der Waals surface area (Å²) in [5.74, 6) is 2.97. The van der Waals surface area contributed by atoms with E-state index in [2.05, 4.69) is 55.7 Å². The fraction of sp³-hybridized carbons (Fsp3) is 0.333. The molecule has 0 bridgehead atoms. The zero-order chi connectivity index (χ0) is 19.8. The number of hydrogen-bond acceptors (Lipinski definition) is 6. The predicted molar refractivity (Wildman–Crippen MR) is 113 cm³/mol. The van der Waals surface area contributed by atoms with Gasteiger partial charge in [0.2, 0.25) is 5.95 Å². The van der Waals surface area contributed by atoms with Crippen LogP contribution in [0.4, 0.5) is 11.8 Å². The molecular formula is C21H24N8. The van der Waals surface area contributed by atoms with E-state index in [9.17, 15) is 0 Å². The third kappa shape index (κ3) is 3.20. The summed E-state index contributed by atoms with van der Waals surface area (Å²) in [6.45, 7) is 4.00. The van der Waals surface area contributed by atoms with Gasteiger partial charge in [-0.15, -0.1) is 0 Å². The number of hydrogen-bond donors (Lipinski definition) is 1. The van der Waals surface area contributed by atoms with E-state index in [-0.39, 0.29) is 5.95 Å². The molecule has 148 valence electrons. The molecule has 3 aromatic heterocycles. The molecule has 1 aromatic carbocycles. The van der Waals surface area contributed by atoms with E-state index in [1.165, 1.54) is 5.52 Å². The van der Waals surface area contributed by atoms with Gasteiger partial charge in [0.15, 0.2) is 5.82 Å². The first kappa shape index (κ1) is 17.7. The summed E-state index contributed by atoms with van der Waals surface area (Å²) in [5, 5.41) is 4.25. The molecule has 0 aliphatic carbocycles. The number of anilines is 2. The average Bonchev–Trinajstić information content (AvgIpc) is 3.41. The maximum atomic E-state index is 5.97. The zero-order valence-corrected chi connectivity index (χ0v) is 16.4. The minimum atomic E-state index is 0.268. The molecule has 4 aromatic rings. The van der Waals surface area contributed by atoms with Gasteiger partial charge < -0.3 is 15.2 Å². The molecule has 5 rings (SSSR count). The molecule has 1 saturated heterocycles. The van der Waals surface area contributed by atoms with Gasteiger partial charge in [-0.25, -0.2) is 9.67 Å². The maximum Gasteiger partial charge on any atom is 0.224 e. The number of rotatable bonds is 4. The number of nitrogens with zero attached hydrogens (tertiary/aromatic N) is 7. The third-order valence-corrected chi connectivity index (χ3v) is 5.59. The highest BCUT2D eigenvalue weighted by Gasteiger charge is 2.25. The second-order valence-electron chi connectivity index (χ2n) is 7.35. The van der Waals surface area contributed by atoms with Gasteiger partial charge in [-0.3, -0.25) is 0 Å². The Morgan fingerprint density at radius 1 is 1.03 bits per heavy atom. The van der Waals surface area contributed by atoms with Crippen LogP contribution >= 0.6 is 0 Å². The van der Waals surface area contributed by atoms with Crippen LogP contribution in [0, 0.1) is 0 Å². The maximum absolute atomic E-state index is 5.97. The Morgan fingerprint density at radius 3 is 2.59 bits per heavy atom. The molecule has 1 aliphatic rings. The van der Waals surface area contributed by atoms with Gasteiger partial charge in [0.25, 0.3) is 0 Å². The first-order valence-electron chi connectivity index (χ1n) is 10.1. The van der Waals surface area contributed by atoms with Crippen molar-refractivity contribution in [1.82, 2.24) is 29.3 Å². The first-order valence-corrected chi connectivity index (χ1v) is 10.1. The molecule has 0 spiro atoms. The van der Waals surface area contributed by atoms with Crippen molar-refractivity contribution in [1.29, 1.82) is 0 Å². The molecule has 0 atom stereocenters. The van der Waals surface area contributed by atoms with Crippen molar-refractivity contribution in [3.05, 3.63) is 54.6 Å². The Bertz CT molecular complexity index is 1120. The highest BCUT2D eigenvalue weighted by Crippen LogP contribution is 2.31. The second-order valence-corrected chi connectivity index (χ2v) is 7.35. The third-order valence-electron chi connectivity index (χ3n) is 5.59. The molecule has 0 saturated carbocycles. The van der Waals surface area contributed by atoms with E-state index < -0.39 is 0 Å². The second kappa shape index (κ2) is 7.20. The molecule has 4 heterocycles. The predicted octanol–water partition coefficient (Wildman–Crippen LogP) is 3.00. The first-order chi connectivity index (χ1) is 14.2. The van der Waals surface area contributed by atoms with E-state index in [1.54, 1.807) is 10.9 Å². The van der Waals surface area contributed by atoms with Gasteiger partial charge in [-0.05, 0) is 31.0 Å². The van der Waals surface area contributed by atoms with Crippen LogP contribution in [0.25, 0.3) is 16.9 Å². The highest BCUT2D eigenvalue weighted by atomic mass is 15.3. The van der Waals surface area contributed by atoms with Crippen molar-refractivity contribution in [3.8, 4) is 5.82 Å². The molecule has 1 fully saturated rings. The summed E-state index contributed by atoms with van der Waals surface area (Å²) in [4.78, 5) is 15.9. The number of imidazole rings is 1. The van der Waals surface area contributed by atoms with Crippen LogP contribution in [0.2, 0.25) is 0 Å². The van der Waals surface area contributed by atoms with E-state index in [0.29, 0.717) is 11.9 Å². The molecule has 8 heteroatoms. The SMILES string of the molecule is CCc1nc2ccccc2n1C1CCN(c2cc(-n3cccn3)nc(N)n2)CC1. The lowest BCUT2D eigenvalue weighted by atomic mass is 10.0. The summed E-state index contributed by atoms with van der Waals surface area (Å²) in [7, 11) is 0. The van der Waals surface area contributed by atoms with Crippen LogP contribution in [0.15, 0.2) is 48.8 Å². The summed E-state index contributed by atoms with van der Waals surface area (Å²) >= 11 is 0. The van der Waals surface area contributed by atoms with Gasteiger partial charge >= 0.3 is 0 Å². The quantitative estimate of drug-likeness (QED) is 0.578. The molecule has 0 unspecified atom stereocenters. The fourth-order valence-electron chi connectivity index (χ4n) is 4.23. The van der Waals surface area contributed by atoms with Crippen molar-refractivity contribution in [2.75, 3.05) is 23.7 Å². The van der Waals surface area contributed by atoms with Crippen LogP contribution in [0.3, 0.4) is 0 Å². The molecule has 29 heavy (non-hydrogen) atoms. The Balaban J connectivity index is 1.39. The van der Waals surface area contributed by atoms with Crippen LogP contribution in [-0.4, -0.2) is 42.4 Å². The molecule has 0 radical (unpaired) electrons. The van der Waals surface area contributed by atoms with Crippen molar-refractivity contribution >= 4 is 22.8 Å². The lowest BCUT2D eigenvalue weighted by Gasteiger charge is -2.34. The van der Waals surface area contributed by atoms with Crippen LogP contribution in [0.5, 0.6) is 0 Å². The highest BCUT2D eigenvalue weighted by molar-refractivity contribution is 5.76. The minimum absolute atomic E-state index is 0.268. The Morgan fingerprint density at radius 2 is 1.83 bits per heavy atom. The summed E-state index contributed by atoms with van der Waals surface area (Å²) in [6.07, 6.45) is 6.59. The molecule has 0 amide bonds. The Labute approximate surface area is 169 Å². The molecule has 1 aliphatic heterocycles. The standard InChI is InChI=1S/C21H24N8/c1-2-18-24-16-6-3-4-7-17(16)29(18)15-8-12-27(13-9-15)19-14-20(26-21(22)25-19)28-11-5-10-23-28/h3-7,10-11,14-15H,2,8-9,12-13H2,1H3,(H2,22,25,26). The lowest BCUT2D eigenvalue weighted by molar-refractivity contribution is 0.394. The van der Waals surface area contributed by atoms with Gasteiger partial charge in [-0.1, -0.05) is 19.1 Å². The fourth-order valence-corrected chi connectivity index (χ4v) is 4.23. The van der Waals surface area contributed by atoms with Crippen molar-refractivity contribution in [2.45, 2.75) is 32.2 Å². The van der Waals surface area contributed by atoms with Gasteiger partial charge in [0, 0.05) is 44.0 Å². The summed E-state index contributed by atoms with van der Waals surface area (Å²) < 4.78 is 4.15. The minimum Gasteiger partial charge on any atom is -0.368 e. The number of benzene rings is 1. The van der Waals surface area contributed by atoms with Crippen LogP contribution in [-0.2, 0) is 6.42 Å². The van der Waals surface area contributed by atoms with Crippen LogP contribution < -0.4 is 10.6 Å². The number of aryl methyl sites for hydroxylation is 1. The number of nitrogen functional groups attached to an aromatic ring is 1. The number of nitrogens with two attached hydrogens (primary N) is 1. The zero-order valence-electron chi connectivity index (χ0n) is 16.4. The topological polar surface area (TPSA) is 90.7 Å². The number of fused-ring (bicyclic) bond motifs is 1. The lowest BCUT2D eigenvalue weighted by Crippen LogP contribution is -2.35. The number of piperidine rings is 1. The normalized spacial score (nSPS) is 15.3. The van der Waals surface area contributed by atoms with Gasteiger partial charge in [-0.2, -0.15) is 15.1 Å². The van der Waals surface area contributed by atoms with Crippen LogP contribution in [0.1, 0.15) is 31.6 Å². The van der Waals surface area contributed by atoms with E-state index in [4.69, 9.17) is 10.7 Å². The summed E-state index contributed by atoms with van der Waals surface area (Å²) in [5.41, 5.74) is 8.29. The molecular weight excluding hydrogens is 364 g/mol. The Kier molecular flexibility index (Phi) is 4.38. The molecule has 2 N–H and O–H groups in total. The van der Waals surface area contributed by atoms with E-state index >= 15 is 0 Å².